The molecule has 0 bridgehead atoms. The van der Waals surface area contributed by atoms with Gasteiger partial charge in [0.2, 0.25) is 0 Å². The molecule has 0 aliphatic carbocycles. The van der Waals surface area contributed by atoms with Gasteiger partial charge in [-0.25, -0.2) is 0 Å². The number of rotatable bonds is 4. The molecule has 0 aliphatic rings. The second-order valence-electron chi connectivity index (χ2n) is 5.43. The minimum atomic E-state index is -0.884. The van der Waals surface area contributed by atoms with Crippen molar-refractivity contribution in [3.05, 3.63) is 96.7 Å². The average Bonchev–Trinajstić information content (AvgIpc) is 3.35. The summed E-state index contributed by atoms with van der Waals surface area (Å²) in [5.41, 5.74) is -2.99. The minimum Gasteiger partial charge on any atom is -0.536 e. The molecule has 4 heteroatoms. The fourth-order valence-corrected chi connectivity index (χ4v) is 2.93. The molecule has 1 aromatic heterocycles. The molecule has 3 nitrogen and oxygen atoms in total. The van der Waals surface area contributed by atoms with Gasteiger partial charge in [-0.05, 0) is 23.7 Å². The molecule has 5 aromatic rings. The number of benzene rings is 4. The molecule has 0 aliphatic heterocycles. The highest BCUT2D eigenvalue weighted by Gasteiger charge is 2.19. The Balaban J connectivity index is 2.26. The van der Waals surface area contributed by atoms with Crippen LogP contribution in [0.1, 0.15) is 21.9 Å². The number of para-hydroxylation sites is 3. The highest BCUT2D eigenvalue weighted by molar-refractivity contribution is 6.18. The lowest BCUT2D eigenvalue weighted by Crippen LogP contribution is -2.06. The largest absolute Gasteiger partial charge is 0.569 e. The molecule has 0 spiro atoms. The van der Waals surface area contributed by atoms with Crippen LogP contribution < -0.4 is 4.65 Å². The van der Waals surface area contributed by atoms with E-state index >= 15 is 0 Å². The summed E-state index contributed by atoms with van der Waals surface area (Å²) in [6.45, 7) is 0. The Hall–Kier alpha value is -3.50. The van der Waals surface area contributed by atoms with Gasteiger partial charge in [0, 0.05) is 16.3 Å². The van der Waals surface area contributed by atoms with Crippen molar-refractivity contribution in [3.63, 3.8) is 0 Å². The molecule has 133 valence electrons. The van der Waals surface area contributed by atoms with Crippen molar-refractivity contribution < 1.29 is 31.6 Å². The summed E-state index contributed by atoms with van der Waals surface area (Å²) in [5, 5.41) is 8.87. The van der Waals surface area contributed by atoms with Crippen molar-refractivity contribution in [1.82, 2.24) is 4.57 Å². The third kappa shape index (κ3) is 2.58. The van der Waals surface area contributed by atoms with Crippen molar-refractivity contribution in [1.29, 1.82) is 0 Å². The Bertz CT molecular complexity index is 2010. The van der Waals surface area contributed by atoms with Crippen molar-refractivity contribution >= 4 is 29.5 Å². The number of fused-ring (bicyclic) bond motifs is 3. The van der Waals surface area contributed by atoms with E-state index in [-0.39, 0.29) is 7.69 Å². The summed E-state index contributed by atoms with van der Waals surface area (Å²) < 4.78 is 141. The molecular formula is C24H17BNO2. The van der Waals surface area contributed by atoms with Crippen LogP contribution in [-0.4, -0.2) is 17.3 Å². The van der Waals surface area contributed by atoms with Gasteiger partial charge in [0.05, 0.1) is 38.7 Å². The predicted octanol–water partition coefficient (Wildman–Crippen LogP) is 5.36. The molecule has 0 atom stereocenters. The fraction of sp³-hybridized carbons (Fsp3) is 0. The summed E-state index contributed by atoms with van der Waals surface area (Å²) in [6, 6.07) is -12.8. The van der Waals surface area contributed by atoms with Gasteiger partial charge in [0.15, 0.2) is 0 Å². The first-order valence-electron chi connectivity index (χ1n) is 15.9. The van der Waals surface area contributed by atoms with Crippen LogP contribution >= 0.6 is 0 Å². The van der Waals surface area contributed by atoms with Crippen LogP contribution in [0.3, 0.4) is 0 Å². The summed E-state index contributed by atoms with van der Waals surface area (Å²) in [5.74, 6) is -0.783. The fourth-order valence-electron chi connectivity index (χ4n) is 2.93. The second-order valence-corrected chi connectivity index (χ2v) is 5.43. The van der Waals surface area contributed by atoms with E-state index in [1.165, 1.54) is 0 Å². The SMILES string of the molecule is [2H]c1c([2H])c([2H])c(-c2c([2H])c([2H])c([2H])c(O[B]O)c2-n2c3c([2H])c([2H])c([2H])c([2H])c3c3c([2H])c([2H])c([2H])c([2H])c32)c([2H])c1[2H]. The van der Waals surface area contributed by atoms with Gasteiger partial charge in [-0.3, -0.25) is 0 Å². The molecule has 1 radical (unpaired) electrons. The van der Waals surface area contributed by atoms with Crippen molar-refractivity contribution in [2.24, 2.45) is 0 Å². The molecule has 0 fully saturated rings. The first-order chi connectivity index (χ1) is 20.5. The van der Waals surface area contributed by atoms with Crippen LogP contribution in [-0.2, 0) is 0 Å². The standard InChI is InChI=1S/C24H17BNO2/c27-25-28-23-16-8-13-18(17-9-2-1-3-10-17)24(23)26-21-14-6-4-11-19(21)20-12-5-7-15-22(20)26/h1-16,27H/i1D,2D,3D,4D,5D,6D,7D,8D,9D,10D,11D,12D,13D,14D,15D,16D. The minimum absolute atomic E-state index is 0.0875. The van der Waals surface area contributed by atoms with Gasteiger partial charge >= 0.3 is 7.69 Å². The lowest BCUT2D eigenvalue weighted by molar-refractivity contribution is 0.453. The van der Waals surface area contributed by atoms with E-state index in [1.807, 2.05) is 0 Å². The first kappa shape index (κ1) is 6.84. The first-order valence-corrected chi connectivity index (χ1v) is 7.87. The topological polar surface area (TPSA) is 34.4 Å². The van der Waals surface area contributed by atoms with Crippen LogP contribution in [0.2, 0.25) is 0 Å². The van der Waals surface area contributed by atoms with Gasteiger partial charge in [-0.1, -0.05) is 78.6 Å². The third-order valence-electron chi connectivity index (χ3n) is 3.99. The monoisotopic (exact) mass is 378 g/mol. The highest BCUT2D eigenvalue weighted by atomic mass is 16.5. The zero-order valence-corrected chi connectivity index (χ0v) is 13.9. The van der Waals surface area contributed by atoms with Crippen molar-refractivity contribution in [2.75, 3.05) is 0 Å². The number of hydrogen-bond acceptors (Lipinski definition) is 2. The van der Waals surface area contributed by atoms with Crippen LogP contribution in [0.25, 0.3) is 38.6 Å². The highest BCUT2D eigenvalue weighted by Crippen LogP contribution is 2.40. The van der Waals surface area contributed by atoms with Crippen LogP contribution in [0.5, 0.6) is 5.75 Å². The summed E-state index contributed by atoms with van der Waals surface area (Å²) in [6.07, 6.45) is 0. The lowest BCUT2D eigenvalue weighted by atomic mass is 10.0. The zero-order valence-electron chi connectivity index (χ0n) is 29.9. The molecular weight excluding hydrogens is 345 g/mol. The number of hydrogen-bond donors (Lipinski definition) is 1. The molecule has 0 saturated carbocycles. The Labute approximate surface area is 186 Å². The van der Waals surface area contributed by atoms with Crippen molar-refractivity contribution in [2.45, 2.75) is 0 Å². The Morgan fingerprint density at radius 1 is 0.714 bits per heavy atom. The quantitative estimate of drug-likeness (QED) is 0.428. The molecule has 5 rings (SSSR count). The Morgan fingerprint density at radius 3 is 1.96 bits per heavy atom. The van der Waals surface area contributed by atoms with Crippen LogP contribution in [0.4, 0.5) is 0 Å². The maximum absolute atomic E-state index is 9.66. The third-order valence-corrected chi connectivity index (χ3v) is 3.99. The average molecular weight is 378 g/mol. The molecule has 28 heavy (non-hydrogen) atoms. The summed E-state index contributed by atoms with van der Waals surface area (Å²) in [7, 11) is 0.0875. The Morgan fingerprint density at radius 2 is 1.32 bits per heavy atom. The number of aromatic nitrogens is 1. The van der Waals surface area contributed by atoms with Crippen molar-refractivity contribution in [3.8, 4) is 22.6 Å². The maximum atomic E-state index is 9.66. The van der Waals surface area contributed by atoms with E-state index in [2.05, 4.69) is 0 Å². The smallest absolute Gasteiger partial charge is 0.536 e. The normalized spacial score (nSPS) is 19.0. The van der Waals surface area contributed by atoms with Gasteiger partial charge in [-0.2, -0.15) is 0 Å². The van der Waals surface area contributed by atoms with E-state index in [0.717, 1.165) is 4.57 Å². The van der Waals surface area contributed by atoms with Gasteiger partial charge in [0.1, 0.15) is 5.75 Å². The molecule has 0 amide bonds. The maximum Gasteiger partial charge on any atom is 0.569 e. The molecule has 0 unspecified atom stereocenters. The molecule has 0 saturated heterocycles. The molecule has 1 heterocycles. The summed E-state index contributed by atoms with van der Waals surface area (Å²) in [4.78, 5) is 0. The van der Waals surface area contributed by atoms with E-state index in [1.54, 1.807) is 0 Å². The molecule has 1 N–H and O–H groups in total. The zero-order chi connectivity index (χ0) is 32.8. The molecule has 4 aromatic carbocycles. The van der Waals surface area contributed by atoms with E-state index in [0.29, 0.717) is 0 Å². The van der Waals surface area contributed by atoms with E-state index in [4.69, 9.17) is 26.6 Å². The lowest BCUT2D eigenvalue weighted by Gasteiger charge is -2.18. The van der Waals surface area contributed by atoms with Gasteiger partial charge in [-0.15, -0.1) is 0 Å². The van der Waals surface area contributed by atoms with Crippen LogP contribution in [0.15, 0.2) is 96.7 Å². The van der Waals surface area contributed by atoms with E-state index < -0.39 is 141 Å². The Kier molecular flexibility index (Phi) is 1.69. The number of nitrogens with zero attached hydrogens (tertiary/aromatic N) is 1. The van der Waals surface area contributed by atoms with E-state index in [9.17, 15) is 5.02 Å². The van der Waals surface area contributed by atoms with Gasteiger partial charge in [0.25, 0.3) is 0 Å². The van der Waals surface area contributed by atoms with Crippen LogP contribution in [0, 0.1) is 0 Å². The second kappa shape index (κ2) is 6.91. The van der Waals surface area contributed by atoms with Gasteiger partial charge < -0.3 is 14.2 Å². The predicted molar refractivity (Wildman–Crippen MR) is 115 cm³/mol. The summed E-state index contributed by atoms with van der Waals surface area (Å²) >= 11 is 0.